The minimum absolute atomic E-state index is 0.275. The summed E-state index contributed by atoms with van der Waals surface area (Å²) in [6, 6.07) is 13.2. The predicted octanol–water partition coefficient (Wildman–Crippen LogP) is 2.00. The number of aromatic hydroxyl groups is 1. The van der Waals surface area contributed by atoms with Crippen LogP contribution in [0.1, 0.15) is 16.7 Å². The van der Waals surface area contributed by atoms with Crippen LogP contribution < -0.4 is 22.0 Å². The van der Waals surface area contributed by atoms with E-state index in [0.717, 1.165) is 21.9 Å². The molecule has 3 rings (SSSR count). The third-order valence-corrected chi connectivity index (χ3v) is 4.26. The summed E-state index contributed by atoms with van der Waals surface area (Å²) in [6.45, 7) is 3.78. The number of para-hydroxylation sites is 1. The zero-order valence-corrected chi connectivity index (χ0v) is 15.8. The van der Waals surface area contributed by atoms with Crippen LogP contribution in [0.4, 0.5) is 10.5 Å². The standard InChI is InChI=1S/C20H19N5O4/c1-12-8-9-15(10-13(12)2)25-18(27)16(17(26)23-20(25)29)11-21-24-19(28)22-14-6-4-3-5-7-14/h3-11,27H,1-2H3,(H2,22,24,28)(H,23,26,29). The molecule has 0 radical (unpaired) electrons. The van der Waals surface area contributed by atoms with Crippen molar-refractivity contribution in [2.24, 2.45) is 5.10 Å². The highest BCUT2D eigenvalue weighted by atomic mass is 16.3. The van der Waals surface area contributed by atoms with E-state index in [-0.39, 0.29) is 5.56 Å². The smallest absolute Gasteiger partial charge is 0.339 e. The van der Waals surface area contributed by atoms with Crippen molar-refractivity contribution in [3.63, 3.8) is 0 Å². The van der Waals surface area contributed by atoms with Crippen LogP contribution in [0.15, 0.2) is 63.2 Å². The van der Waals surface area contributed by atoms with Gasteiger partial charge < -0.3 is 10.4 Å². The minimum Gasteiger partial charge on any atom is -0.493 e. The maximum atomic E-state index is 12.2. The molecule has 0 aliphatic carbocycles. The number of hydrogen-bond donors (Lipinski definition) is 4. The summed E-state index contributed by atoms with van der Waals surface area (Å²) in [4.78, 5) is 38.3. The normalized spacial score (nSPS) is 10.8. The fraction of sp³-hybridized carbons (Fsp3) is 0.100. The average Bonchev–Trinajstić information content (AvgIpc) is 2.68. The summed E-state index contributed by atoms with van der Waals surface area (Å²) in [5.74, 6) is -0.587. The fourth-order valence-corrected chi connectivity index (χ4v) is 2.60. The third kappa shape index (κ3) is 4.41. The van der Waals surface area contributed by atoms with Gasteiger partial charge in [0.2, 0.25) is 5.88 Å². The van der Waals surface area contributed by atoms with Gasteiger partial charge in [0.05, 0.1) is 11.9 Å². The van der Waals surface area contributed by atoms with Crippen molar-refractivity contribution < 1.29 is 9.90 Å². The molecule has 0 saturated heterocycles. The van der Waals surface area contributed by atoms with Crippen LogP contribution in [0.5, 0.6) is 5.88 Å². The van der Waals surface area contributed by atoms with Crippen molar-refractivity contribution in [3.05, 3.63) is 86.1 Å². The molecule has 0 aliphatic rings. The molecule has 0 fully saturated rings. The van der Waals surface area contributed by atoms with E-state index in [4.69, 9.17) is 0 Å². The lowest BCUT2D eigenvalue weighted by Crippen LogP contribution is -2.32. The number of carbonyl (C=O) groups is 1. The number of benzene rings is 2. The van der Waals surface area contributed by atoms with Crippen LogP contribution >= 0.6 is 0 Å². The van der Waals surface area contributed by atoms with Crippen LogP contribution in [-0.4, -0.2) is 26.9 Å². The number of nitrogens with one attached hydrogen (secondary N) is 3. The summed E-state index contributed by atoms with van der Waals surface area (Å²) in [5, 5.41) is 16.7. The topological polar surface area (TPSA) is 129 Å². The predicted molar refractivity (Wildman–Crippen MR) is 110 cm³/mol. The van der Waals surface area contributed by atoms with Crippen LogP contribution in [0, 0.1) is 13.8 Å². The Hall–Kier alpha value is -4.14. The molecule has 0 atom stereocenters. The number of aryl methyl sites for hydroxylation is 2. The van der Waals surface area contributed by atoms with Crippen LogP contribution in [-0.2, 0) is 0 Å². The number of aromatic nitrogens is 2. The fourth-order valence-electron chi connectivity index (χ4n) is 2.60. The molecule has 2 amide bonds. The van der Waals surface area contributed by atoms with Gasteiger partial charge in [-0.25, -0.2) is 19.6 Å². The van der Waals surface area contributed by atoms with Gasteiger partial charge in [0.25, 0.3) is 5.56 Å². The Kier molecular flexibility index (Phi) is 5.59. The molecule has 0 aliphatic heterocycles. The lowest BCUT2D eigenvalue weighted by Gasteiger charge is -2.11. The minimum atomic E-state index is -0.832. The Labute approximate surface area is 165 Å². The molecule has 0 spiro atoms. The van der Waals surface area contributed by atoms with Crippen LogP contribution in [0.2, 0.25) is 0 Å². The SMILES string of the molecule is Cc1ccc(-n2c(O)c(C=NNC(=O)Nc3ccccc3)c(=O)[nH]c2=O)cc1C. The zero-order valence-electron chi connectivity index (χ0n) is 15.8. The third-order valence-electron chi connectivity index (χ3n) is 4.26. The molecule has 4 N–H and O–H groups in total. The van der Waals surface area contributed by atoms with E-state index >= 15 is 0 Å². The number of carbonyl (C=O) groups excluding carboxylic acids is 1. The Bertz CT molecular complexity index is 1200. The van der Waals surface area contributed by atoms with Gasteiger partial charge in [0, 0.05) is 5.69 Å². The van der Waals surface area contributed by atoms with Crippen molar-refractivity contribution in [2.45, 2.75) is 13.8 Å². The first-order valence-corrected chi connectivity index (χ1v) is 8.68. The second kappa shape index (κ2) is 8.26. The highest BCUT2D eigenvalue weighted by Gasteiger charge is 2.14. The number of nitrogens with zero attached hydrogens (tertiary/aromatic N) is 2. The number of anilines is 1. The Morgan fingerprint density at radius 2 is 1.83 bits per heavy atom. The van der Waals surface area contributed by atoms with E-state index < -0.39 is 23.2 Å². The second-order valence-electron chi connectivity index (χ2n) is 6.29. The van der Waals surface area contributed by atoms with Crippen molar-refractivity contribution in [1.82, 2.24) is 15.0 Å². The molecule has 2 aromatic carbocycles. The average molecular weight is 393 g/mol. The van der Waals surface area contributed by atoms with E-state index in [0.29, 0.717) is 11.4 Å². The summed E-state index contributed by atoms with van der Waals surface area (Å²) in [6.07, 6.45) is 0.968. The van der Waals surface area contributed by atoms with Crippen molar-refractivity contribution in [3.8, 4) is 11.6 Å². The summed E-state index contributed by atoms with van der Waals surface area (Å²) < 4.78 is 0.958. The van der Waals surface area contributed by atoms with Gasteiger partial charge in [-0.05, 0) is 49.2 Å². The molecule has 1 aromatic heterocycles. The van der Waals surface area contributed by atoms with Gasteiger partial charge in [-0.1, -0.05) is 24.3 Å². The van der Waals surface area contributed by atoms with Gasteiger partial charge in [0.15, 0.2) is 0 Å². The van der Waals surface area contributed by atoms with E-state index in [1.807, 2.05) is 13.8 Å². The molecule has 148 valence electrons. The van der Waals surface area contributed by atoms with E-state index in [2.05, 4.69) is 20.8 Å². The van der Waals surface area contributed by atoms with Crippen LogP contribution in [0.3, 0.4) is 0 Å². The Morgan fingerprint density at radius 1 is 1.10 bits per heavy atom. The van der Waals surface area contributed by atoms with Gasteiger partial charge in [-0.15, -0.1) is 0 Å². The molecule has 0 saturated carbocycles. The molecular weight excluding hydrogens is 374 g/mol. The molecule has 9 nitrogen and oxygen atoms in total. The lowest BCUT2D eigenvalue weighted by atomic mass is 10.1. The van der Waals surface area contributed by atoms with Gasteiger partial charge in [-0.3, -0.25) is 9.78 Å². The number of urea groups is 1. The van der Waals surface area contributed by atoms with Crippen molar-refractivity contribution in [2.75, 3.05) is 5.32 Å². The highest BCUT2D eigenvalue weighted by Crippen LogP contribution is 2.18. The quantitative estimate of drug-likeness (QED) is 0.399. The van der Waals surface area contributed by atoms with Crippen molar-refractivity contribution >= 4 is 17.9 Å². The van der Waals surface area contributed by atoms with E-state index in [9.17, 15) is 19.5 Å². The maximum absolute atomic E-state index is 12.2. The largest absolute Gasteiger partial charge is 0.493 e. The highest BCUT2D eigenvalue weighted by molar-refractivity contribution is 5.90. The molecule has 3 aromatic rings. The number of hydrazone groups is 1. The summed E-state index contributed by atoms with van der Waals surface area (Å²) >= 11 is 0. The monoisotopic (exact) mass is 393 g/mol. The van der Waals surface area contributed by atoms with Gasteiger partial charge in [-0.2, -0.15) is 5.10 Å². The maximum Gasteiger partial charge on any atom is 0.339 e. The number of aromatic amines is 1. The Morgan fingerprint density at radius 3 is 2.52 bits per heavy atom. The molecular formula is C20H19N5O4. The van der Waals surface area contributed by atoms with E-state index in [1.54, 1.807) is 48.5 Å². The first-order valence-electron chi connectivity index (χ1n) is 8.68. The summed E-state index contributed by atoms with van der Waals surface area (Å²) in [5.41, 5.74) is 3.17. The second-order valence-corrected chi connectivity index (χ2v) is 6.29. The summed E-state index contributed by atoms with van der Waals surface area (Å²) in [7, 11) is 0. The molecule has 0 unspecified atom stereocenters. The first-order chi connectivity index (χ1) is 13.9. The number of H-pyrrole nitrogens is 1. The van der Waals surface area contributed by atoms with Gasteiger partial charge >= 0.3 is 11.7 Å². The Balaban J connectivity index is 1.87. The van der Waals surface area contributed by atoms with Crippen LogP contribution in [0.25, 0.3) is 5.69 Å². The molecule has 29 heavy (non-hydrogen) atoms. The van der Waals surface area contributed by atoms with E-state index in [1.165, 1.54) is 0 Å². The first kappa shape index (κ1) is 19.6. The zero-order chi connectivity index (χ0) is 21.0. The van der Waals surface area contributed by atoms with Crippen molar-refractivity contribution in [1.29, 1.82) is 0 Å². The number of rotatable bonds is 4. The lowest BCUT2D eigenvalue weighted by molar-refractivity contribution is 0.252. The molecule has 9 heteroatoms. The molecule has 0 bridgehead atoms. The number of hydrogen-bond acceptors (Lipinski definition) is 5. The number of amides is 2. The van der Waals surface area contributed by atoms with Gasteiger partial charge in [0.1, 0.15) is 5.56 Å². The molecule has 1 heterocycles.